The average Bonchev–Trinajstić information content (AvgIpc) is 3.57. The normalized spacial score (nSPS) is 24.4. The Morgan fingerprint density at radius 2 is 1.76 bits per heavy atom. The molecule has 0 spiro atoms. The fraction of sp³-hybridized carbons (Fsp3) is 0.419. The van der Waals surface area contributed by atoms with Gasteiger partial charge < -0.3 is 30.1 Å². The first-order valence-electron chi connectivity index (χ1n) is 14.6. The molecule has 4 atom stereocenters. The van der Waals surface area contributed by atoms with E-state index in [4.69, 9.17) is 4.74 Å². The molecule has 0 aromatic heterocycles. The highest BCUT2D eigenvalue weighted by Crippen LogP contribution is 2.53. The molecule has 11 nitrogen and oxygen atoms in total. The highest BCUT2D eigenvalue weighted by atomic mass is 19.4. The third-order valence-corrected chi connectivity index (χ3v) is 9.13. The van der Waals surface area contributed by atoms with Crippen LogP contribution in [-0.4, -0.2) is 93.3 Å². The van der Waals surface area contributed by atoms with Gasteiger partial charge in [-0.3, -0.25) is 14.5 Å². The summed E-state index contributed by atoms with van der Waals surface area (Å²) in [5.74, 6) is -2.89. The standard InChI is InChI=1S/C31H31F3N4O7/c32-31(33,34)20-8-4-7-19(14-20)30(9-10-30)38-17-25(45-29(38)44)22(13-18-5-2-1-3-6-18)35-26(39)23-15-21(27(40)41)24-16-36(28(42)43)11-12-37(23)24/h1-8,14-15,21-22,24-25H,9-13,16-17H2,(H,35,39)(H,40,41)(H,42,43)/t21?,22-,24?,25+/m0/s1. The summed E-state index contributed by atoms with van der Waals surface area (Å²) in [6, 6.07) is 12.5. The number of carbonyl (C=O) groups is 4. The largest absolute Gasteiger partial charge is 0.481 e. The molecule has 2 unspecified atom stereocenters. The number of ether oxygens (including phenoxy) is 1. The summed E-state index contributed by atoms with van der Waals surface area (Å²) in [6.07, 6.45) is -4.78. The van der Waals surface area contributed by atoms with Gasteiger partial charge in [0.25, 0.3) is 5.91 Å². The molecule has 2 aromatic rings. The number of amides is 3. The molecule has 2 saturated heterocycles. The summed E-state index contributed by atoms with van der Waals surface area (Å²) in [7, 11) is 0. The molecule has 1 aliphatic carbocycles. The SMILES string of the molecule is O=C(N[C@@H](Cc1ccccc1)[C@H]1CN(C2(c3cccc(C(F)(F)F)c3)CC2)C(=O)O1)C1=CC(C(=O)O)C2CN(C(=O)O)CCN12. The van der Waals surface area contributed by atoms with Gasteiger partial charge in [-0.2, -0.15) is 13.2 Å². The van der Waals surface area contributed by atoms with Crippen LogP contribution >= 0.6 is 0 Å². The van der Waals surface area contributed by atoms with Crippen molar-refractivity contribution in [1.29, 1.82) is 0 Å². The second kappa shape index (κ2) is 11.3. The molecular formula is C31H31F3N4O7. The van der Waals surface area contributed by atoms with Gasteiger partial charge in [0.2, 0.25) is 0 Å². The summed E-state index contributed by atoms with van der Waals surface area (Å²) >= 11 is 0. The molecule has 238 valence electrons. The Balaban J connectivity index is 1.24. The molecule has 0 bridgehead atoms. The molecule has 0 radical (unpaired) electrons. The number of fused-ring (bicyclic) bond motifs is 1. The van der Waals surface area contributed by atoms with Crippen molar-refractivity contribution in [2.45, 2.75) is 49.2 Å². The summed E-state index contributed by atoms with van der Waals surface area (Å²) in [4.78, 5) is 54.8. The lowest BCUT2D eigenvalue weighted by Crippen LogP contribution is -2.56. The molecule has 3 fully saturated rings. The van der Waals surface area contributed by atoms with E-state index in [1.807, 2.05) is 30.3 Å². The number of hydrogen-bond donors (Lipinski definition) is 3. The molecule has 2 aromatic carbocycles. The highest BCUT2D eigenvalue weighted by Gasteiger charge is 2.57. The zero-order valence-electron chi connectivity index (χ0n) is 23.9. The fourth-order valence-corrected chi connectivity index (χ4v) is 6.66. The van der Waals surface area contributed by atoms with Crippen LogP contribution in [0.25, 0.3) is 0 Å². The predicted molar refractivity (Wildman–Crippen MR) is 151 cm³/mol. The molecule has 3 aliphatic heterocycles. The fourth-order valence-electron chi connectivity index (χ4n) is 6.66. The number of rotatable bonds is 8. The van der Waals surface area contributed by atoms with Crippen LogP contribution in [0, 0.1) is 5.92 Å². The second-order valence-corrected chi connectivity index (χ2v) is 11.8. The van der Waals surface area contributed by atoms with E-state index in [0.717, 1.165) is 22.6 Å². The van der Waals surface area contributed by atoms with Crippen LogP contribution in [0.2, 0.25) is 0 Å². The quantitative estimate of drug-likeness (QED) is 0.404. The van der Waals surface area contributed by atoms with Crippen LogP contribution in [0.1, 0.15) is 29.5 Å². The lowest BCUT2D eigenvalue weighted by atomic mass is 9.98. The zero-order chi connectivity index (χ0) is 32.1. The van der Waals surface area contributed by atoms with Crippen molar-refractivity contribution in [2.75, 3.05) is 26.2 Å². The van der Waals surface area contributed by atoms with Crippen LogP contribution in [0.5, 0.6) is 0 Å². The minimum Gasteiger partial charge on any atom is -0.481 e. The Bertz CT molecular complexity index is 1550. The van der Waals surface area contributed by atoms with Crippen LogP contribution in [-0.2, 0) is 32.5 Å². The molecular weight excluding hydrogens is 597 g/mol. The summed E-state index contributed by atoms with van der Waals surface area (Å²) in [6.45, 7) is 0.140. The number of hydrogen-bond acceptors (Lipinski definition) is 6. The van der Waals surface area contributed by atoms with Gasteiger partial charge in [-0.15, -0.1) is 0 Å². The number of cyclic esters (lactones) is 1. The van der Waals surface area contributed by atoms with Crippen LogP contribution in [0.4, 0.5) is 22.8 Å². The number of halogens is 3. The third-order valence-electron chi connectivity index (χ3n) is 9.13. The third kappa shape index (κ3) is 5.76. The topological polar surface area (TPSA) is 140 Å². The molecule has 1 saturated carbocycles. The van der Waals surface area contributed by atoms with Crippen molar-refractivity contribution in [3.8, 4) is 0 Å². The van der Waals surface area contributed by atoms with Gasteiger partial charge in [0, 0.05) is 19.6 Å². The Labute approximate surface area is 255 Å². The second-order valence-electron chi connectivity index (χ2n) is 11.8. The minimum absolute atomic E-state index is 0.0174. The van der Waals surface area contributed by atoms with Gasteiger partial charge in [-0.05, 0) is 48.6 Å². The molecule has 3 amide bonds. The van der Waals surface area contributed by atoms with Gasteiger partial charge in [-0.1, -0.05) is 42.5 Å². The number of alkyl halides is 3. The Hall–Kier alpha value is -4.75. The van der Waals surface area contributed by atoms with E-state index in [-0.39, 0.29) is 38.3 Å². The van der Waals surface area contributed by atoms with E-state index in [1.165, 1.54) is 17.0 Å². The number of aliphatic carboxylic acids is 1. The van der Waals surface area contributed by atoms with E-state index in [1.54, 1.807) is 11.0 Å². The first-order valence-corrected chi connectivity index (χ1v) is 14.6. The van der Waals surface area contributed by atoms with E-state index in [2.05, 4.69) is 5.32 Å². The summed E-state index contributed by atoms with van der Waals surface area (Å²) < 4.78 is 46.2. The average molecular weight is 629 g/mol. The van der Waals surface area contributed by atoms with Crippen molar-refractivity contribution >= 4 is 24.1 Å². The number of nitrogens with one attached hydrogen (secondary N) is 1. The predicted octanol–water partition coefficient (Wildman–Crippen LogP) is 3.51. The number of carbonyl (C=O) groups excluding carboxylic acids is 2. The lowest BCUT2D eigenvalue weighted by Gasteiger charge is -2.40. The molecule has 6 rings (SSSR count). The van der Waals surface area contributed by atoms with Crippen molar-refractivity contribution in [2.24, 2.45) is 5.92 Å². The maximum absolute atomic E-state index is 13.8. The van der Waals surface area contributed by atoms with E-state index < -0.39 is 65.4 Å². The molecule has 14 heteroatoms. The number of carboxylic acid groups (broad SMARTS) is 2. The first kappa shape index (κ1) is 30.3. The smallest absolute Gasteiger partial charge is 0.416 e. The maximum atomic E-state index is 13.8. The van der Waals surface area contributed by atoms with E-state index in [0.29, 0.717) is 18.4 Å². The molecule has 4 aliphatic rings. The molecule has 3 N–H and O–H groups in total. The lowest BCUT2D eigenvalue weighted by molar-refractivity contribution is -0.142. The number of carboxylic acids is 1. The highest BCUT2D eigenvalue weighted by molar-refractivity contribution is 5.95. The summed E-state index contributed by atoms with van der Waals surface area (Å²) in [5, 5.41) is 22.2. The molecule has 3 heterocycles. The van der Waals surface area contributed by atoms with Crippen LogP contribution < -0.4 is 5.32 Å². The first-order chi connectivity index (χ1) is 21.4. The van der Waals surface area contributed by atoms with E-state index in [9.17, 15) is 42.6 Å². The Morgan fingerprint density at radius 3 is 2.40 bits per heavy atom. The minimum atomic E-state index is -4.54. The number of piperazine rings is 1. The van der Waals surface area contributed by atoms with Gasteiger partial charge in [0.05, 0.1) is 41.3 Å². The van der Waals surface area contributed by atoms with Gasteiger partial charge >= 0.3 is 24.3 Å². The molecule has 45 heavy (non-hydrogen) atoms. The Morgan fingerprint density at radius 1 is 1.02 bits per heavy atom. The summed E-state index contributed by atoms with van der Waals surface area (Å²) in [5.41, 5.74) is -0.473. The van der Waals surface area contributed by atoms with Crippen molar-refractivity contribution in [3.05, 3.63) is 83.1 Å². The van der Waals surface area contributed by atoms with Crippen molar-refractivity contribution < 1.29 is 47.3 Å². The van der Waals surface area contributed by atoms with Crippen molar-refractivity contribution in [1.82, 2.24) is 20.0 Å². The van der Waals surface area contributed by atoms with Gasteiger partial charge in [-0.25, -0.2) is 9.59 Å². The number of benzene rings is 2. The number of nitrogens with zero attached hydrogens (tertiary/aromatic N) is 3. The van der Waals surface area contributed by atoms with Crippen LogP contribution in [0.3, 0.4) is 0 Å². The maximum Gasteiger partial charge on any atom is 0.416 e. The van der Waals surface area contributed by atoms with Gasteiger partial charge in [0.1, 0.15) is 6.10 Å². The monoisotopic (exact) mass is 628 g/mol. The van der Waals surface area contributed by atoms with Crippen LogP contribution in [0.15, 0.2) is 66.4 Å². The Kier molecular flexibility index (Phi) is 7.61. The van der Waals surface area contributed by atoms with E-state index >= 15 is 0 Å². The van der Waals surface area contributed by atoms with Gasteiger partial charge in [0.15, 0.2) is 0 Å². The zero-order valence-corrected chi connectivity index (χ0v) is 23.9. The van der Waals surface area contributed by atoms with Crippen molar-refractivity contribution in [3.63, 3.8) is 0 Å².